The number of rotatable bonds is 5. The van der Waals surface area contributed by atoms with Crippen LogP contribution in [0.3, 0.4) is 0 Å². The Bertz CT molecular complexity index is 694. The average molecular weight is 368 g/mol. The number of likely N-dealkylation sites (tertiary alicyclic amines) is 1. The molecule has 2 aromatic rings. The summed E-state index contributed by atoms with van der Waals surface area (Å²) in [5, 5.41) is 0. The van der Waals surface area contributed by atoms with E-state index in [-0.39, 0.29) is 0 Å². The maximum absolute atomic E-state index is 2.59. The highest BCUT2D eigenvalue weighted by molar-refractivity contribution is 7.99. The van der Waals surface area contributed by atoms with Gasteiger partial charge in [0.05, 0.1) is 11.4 Å². The largest absolute Gasteiger partial charge is 0.340 e. The molecular weight excluding hydrogens is 338 g/mol. The van der Waals surface area contributed by atoms with Crippen LogP contribution in [0.1, 0.15) is 19.3 Å². The van der Waals surface area contributed by atoms with Gasteiger partial charge < -0.3 is 14.7 Å². The number of para-hydroxylation sites is 2. The summed E-state index contributed by atoms with van der Waals surface area (Å²) in [6.07, 6.45) is 3.80. The van der Waals surface area contributed by atoms with Gasteiger partial charge in [-0.2, -0.15) is 0 Å². The zero-order valence-corrected chi connectivity index (χ0v) is 16.7. The van der Waals surface area contributed by atoms with Gasteiger partial charge in [0.2, 0.25) is 0 Å². The average Bonchev–Trinajstić information content (AvgIpc) is 2.68. The molecule has 138 valence electrons. The molecule has 0 bridgehead atoms. The van der Waals surface area contributed by atoms with Crippen LogP contribution in [-0.4, -0.2) is 56.1 Å². The van der Waals surface area contributed by atoms with E-state index in [9.17, 15) is 0 Å². The van der Waals surface area contributed by atoms with Crippen molar-refractivity contribution < 1.29 is 0 Å². The van der Waals surface area contributed by atoms with Crippen molar-refractivity contribution in [2.24, 2.45) is 0 Å². The molecule has 2 aromatic carbocycles. The van der Waals surface area contributed by atoms with Crippen molar-refractivity contribution in [1.29, 1.82) is 0 Å². The summed E-state index contributed by atoms with van der Waals surface area (Å²) in [4.78, 5) is 10.3. The molecule has 1 saturated heterocycles. The Morgan fingerprint density at radius 2 is 1.54 bits per heavy atom. The van der Waals surface area contributed by atoms with Crippen LogP contribution in [0.4, 0.5) is 11.4 Å². The summed E-state index contributed by atoms with van der Waals surface area (Å²) in [6, 6.07) is 18.4. The van der Waals surface area contributed by atoms with Crippen LogP contribution in [0.5, 0.6) is 0 Å². The normalized spacial score (nSPS) is 18.0. The lowest BCUT2D eigenvalue weighted by molar-refractivity contribution is 0.144. The molecule has 2 aliphatic heterocycles. The van der Waals surface area contributed by atoms with Gasteiger partial charge in [0.1, 0.15) is 0 Å². The van der Waals surface area contributed by atoms with Crippen LogP contribution in [0, 0.1) is 0 Å². The second kappa shape index (κ2) is 8.03. The topological polar surface area (TPSA) is 9.72 Å². The molecule has 1 fully saturated rings. The van der Waals surface area contributed by atoms with Gasteiger partial charge in [-0.3, -0.25) is 0 Å². The minimum absolute atomic E-state index is 0.752. The first-order valence-electron chi connectivity index (χ1n) is 9.74. The van der Waals surface area contributed by atoms with Crippen LogP contribution in [0.25, 0.3) is 0 Å². The van der Waals surface area contributed by atoms with Crippen molar-refractivity contribution in [3.05, 3.63) is 48.5 Å². The Hall–Kier alpha value is -1.49. The van der Waals surface area contributed by atoms with E-state index in [0.717, 1.165) is 12.6 Å². The number of hydrogen-bond acceptors (Lipinski definition) is 4. The summed E-state index contributed by atoms with van der Waals surface area (Å²) in [5.41, 5.74) is 2.72. The molecule has 0 aliphatic carbocycles. The van der Waals surface area contributed by atoms with Crippen molar-refractivity contribution in [2.75, 3.05) is 45.2 Å². The van der Waals surface area contributed by atoms with Gasteiger partial charge in [0, 0.05) is 22.4 Å². The number of fused-ring (bicyclic) bond motifs is 2. The van der Waals surface area contributed by atoms with Crippen LogP contribution in [0.15, 0.2) is 58.3 Å². The summed E-state index contributed by atoms with van der Waals surface area (Å²) >= 11 is 1.89. The second-order valence-electron chi connectivity index (χ2n) is 7.56. The van der Waals surface area contributed by atoms with E-state index < -0.39 is 0 Å². The van der Waals surface area contributed by atoms with Gasteiger partial charge >= 0.3 is 0 Å². The fourth-order valence-electron chi connectivity index (χ4n) is 4.12. The van der Waals surface area contributed by atoms with Crippen LogP contribution in [0.2, 0.25) is 0 Å². The van der Waals surface area contributed by atoms with Gasteiger partial charge in [0.25, 0.3) is 0 Å². The van der Waals surface area contributed by atoms with Gasteiger partial charge in [-0.25, -0.2) is 0 Å². The number of hydrogen-bond donors (Lipinski definition) is 0. The van der Waals surface area contributed by atoms with Crippen LogP contribution >= 0.6 is 11.8 Å². The minimum Gasteiger partial charge on any atom is -0.340 e. The fourth-order valence-corrected chi connectivity index (χ4v) is 5.21. The Morgan fingerprint density at radius 1 is 0.962 bits per heavy atom. The Kier molecular flexibility index (Phi) is 5.53. The smallest absolute Gasteiger partial charge is 0.0552 e. The van der Waals surface area contributed by atoms with Crippen molar-refractivity contribution in [1.82, 2.24) is 9.80 Å². The van der Waals surface area contributed by atoms with Crippen molar-refractivity contribution >= 4 is 23.1 Å². The minimum atomic E-state index is 0.752. The molecule has 0 amide bonds. The molecule has 0 atom stereocenters. The highest BCUT2D eigenvalue weighted by Crippen LogP contribution is 2.47. The van der Waals surface area contributed by atoms with Crippen molar-refractivity contribution in [3.8, 4) is 0 Å². The van der Waals surface area contributed by atoms with Gasteiger partial charge in [-0.1, -0.05) is 36.0 Å². The lowest BCUT2D eigenvalue weighted by Gasteiger charge is -2.36. The fraction of sp³-hybridized carbons (Fsp3) is 0.455. The van der Waals surface area contributed by atoms with Crippen LogP contribution < -0.4 is 4.90 Å². The molecule has 4 heteroatoms. The first-order chi connectivity index (χ1) is 12.7. The molecule has 2 aliphatic rings. The second-order valence-corrected chi connectivity index (χ2v) is 8.64. The van der Waals surface area contributed by atoms with Crippen LogP contribution in [-0.2, 0) is 0 Å². The van der Waals surface area contributed by atoms with E-state index in [1.807, 2.05) is 11.8 Å². The van der Waals surface area contributed by atoms with Crippen molar-refractivity contribution in [3.63, 3.8) is 0 Å². The van der Waals surface area contributed by atoms with E-state index >= 15 is 0 Å². The Labute approximate surface area is 162 Å². The Morgan fingerprint density at radius 3 is 2.15 bits per heavy atom. The highest BCUT2D eigenvalue weighted by atomic mass is 32.2. The molecule has 2 heterocycles. The number of piperidine rings is 1. The van der Waals surface area contributed by atoms with E-state index in [1.165, 1.54) is 60.1 Å². The number of nitrogens with zero attached hydrogens (tertiary/aromatic N) is 3. The van der Waals surface area contributed by atoms with E-state index in [4.69, 9.17) is 0 Å². The molecule has 0 unspecified atom stereocenters. The third kappa shape index (κ3) is 3.78. The molecule has 0 saturated carbocycles. The highest BCUT2D eigenvalue weighted by Gasteiger charge is 2.23. The predicted octanol–water partition coefficient (Wildman–Crippen LogP) is 4.71. The van der Waals surface area contributed by atoms with Crippen molar-refractivity contribution in [2.45, 2.75) is 35.1 Å². The molecular formula is C22H29N3S. The summed E-state index contributed by atoms with van der Waals surface area (Å²) < 4.78 is 0. The molecule has 3 nitrogen and oxygen atoms in total. The van der Waals surface area contributed by atoms with Gasteiger partial charge in [-0.05, 0) is 77.3 Å². The third-order valence-corrected chi connectivity index (χ3v) is 6.87. The molecule has 0 spiro atoms. The van der Waals surface area contributed by atoms with E-state index in [2.05, 4.69) is 77.3 Å². The zero-order chi connectivity index (χ0) is 17.9. The molecule has 4 rings (SSSR count). The first-order valence-corrected chi connectivity index (χ1v) is 10.6. The maximum atomic E-state index is 2.59. The third-order valence-electron chi connectivity index (χ3n) is 5.74. The SMILES string of the molecule is CN1CCC(N(C)CCCN2c3ccccc3Sc3ccccc32)CC1. The first kappa shape index (κ1) is 17.9. The lowest BCUT2D eigenvalue weighted by atomic mass is 10.0. The van der Waals surface area contributed by atoms with Gasteiger partial charge in [-0.15, -0.1) is 0 Å². The predicted molar refractivity (Wildman–Crippen MR) is 112 cm³/mol. The molecule has 0 N–H and O–H groups in total. The number of anilines is 2. The van der Waals surface area contributed by atoms with Gasteiger partial charge in [0.15, 0.2) is 0 Å². The zero-order valence-electron chi connectivity index (χ0n) is 15.9. The quantitative estimate of drug-likeness (QED) is 0.757. The summed E-state index contributed by atoms with van der Waals surface area (Å²) in [7, 11) is 4.55. The lowest BCUT2D eigenvalue weighted by Crippen LogP contribution is -2.42. The van der Waals surface area contributed by atoms with E-state index in [0.29, 0.717) is 0 Å². The molecule has 0 aromatic heterocycles. The Balaban J connectivity index is 1.42. The standard InChI is InChI=1S/C22H29N3S/c1-23-16-12-18(13-17-23)24(2)14-7-15-25-19-8-3-5-10-21(19)26-22-11-6-4-9-20(22)25/h3-6,8-11,18H,7,12-17H2,1-2H3. The molecule has 26 heavy (non-hydrogen) atoms. The maximum Gasteiger partial charge on any atom is 0.0552 e. The molecule has 0 radical (unpaired) electrons. The monoisotopic (exact) mass is 367 g/mol. The summed E-state index contributed by atoms with van der Waals surface area (Å²) in [6.45, 7) is 4.71. The van der Waals surface area contributed by atoms with E-state index in [1.54, 1.807) is 0 Å². The number of benzene rings is 2. The summed E-state index contributed by atoms with van der Waals surface area (Å²) in [5.74, 6) is 0.